The minimum absolute atomic E-state index is 0.0254. The van der Waals surface area contributed by atoms with E-state index in [-0.39, 0.29) is 5.41 Å². The van der Waals surface area contributed by atoms with Crippen LogP contribution in [0.5, 0.6) is 0 Å². The molecule has 1 N–H and O–H groups in total. The molecule has 0 saturated carbocycles. The summed E-state index contributed by atoms with van der Waals surface area (Å²) in [4.78, 5) is 10.9. The largest absolute Gasteiger partial charge is 0.317 e. The molecular formula is C13H16ClNO. The fourth-order valence-corrected chi connectivity index (χ4v) is 2.60. The molecule has 1 aliphatic heterocycles. The first-order valence-corrected chi connectivity index (χ1v) is 6.05. The first-order valence-electron chi connectivity index (χ1n) is 5.67. The maximum atomic E-state index is 10.9. The number of halogens is 1. The third kappa shape index (κ3) is 2.28. The van der Waals surface area contributed by atoms with Crippen molar-refractivity contribution in [3.63, 3.8) is 0 Å². The van der Waals surface area contributed by atoms with Gasteiger partial charge in [0.1, 0.15) is 6.29 Å². The Hall–Kier alpha value is -0.860. The van der Waals surface area contributed by atoms with Gasteiger partial charge < -0.3 is 10.1 Å². The van der Waals surface area contributed by atoms with Crippen molar-refractivity contribution >= 4 is 17.9 Å². The van der Waals surface area contributed by atoms with Gasteiger partial charge in [-0.15, -0.1) is 0 Å². The first-order chi connectivity index (χ1) is 7.77. The lowest BCUT2D eigenvalue weighted by molar-refractivity contribution is -0.109. The van der Waals surface area contributed by atoms with Crippen molar-refractivity contribution in [1.82, 2.24) is 5.32 Å². The average Bonchev–Trinajstić information content (AvgIpc) is 2.31. The number of hydrogen-bond donors (Lipinski definition) is 1. The molecule has 0 aromatic heterocycles. The summed E-state index contributed by atoms with van der Waals surface area (Å²) in [6.07, 6.45) is 3.69. The molecule has 0 bridgehead atoms. The summed E-state index contributed by atoms with van der Waals surface area (Å²) in [6.45, 7) is 1.97. The molecule has 0 unspecified atom stereocenters. The maximum Gasteiger partial charge on any atom is 0.120 e. The quantitative estimate of drug-likeness (QED) is 0.819. The smallest absolute Gasteiger partial charge is 0.120 e. The van der Waals surface area contributed by atoms with E-state index >= 15 is 0 Å². The van der Waals surface area contributed by atoms with Gasteiger partial charge in [-0.05, 0) is 43.6 Å². The molecule has 16 heavy (non-hydrogen) atoms. The normalized spacial score (nSPS) is 19.3. The highest BCUT2D eigenvalue weighted by Crippen LogP contribution is 2.36. The van der Waals surface area contributed by atoms with Crippen LogP contribution in [0.4, 0.5) is 0 Å². The predicted molar refractivity (Wildman–Crippen MR) is 65.9 cm³/mol. The van der Waals surface area contributed by atoms with Gasteiger partial charge in [0.05, 0.1) is 0 Å². The Labute approximate surface area is 101 Å². The lowest BCUT2D eigenvalue weighted by Crippen LogP contribution is -2.40. The van der Waals surface area contributed by atoms with Crippen LogP contribution >= 0.6 is 11.6 Å². The van der Waals surface area contributed by atoms with Gasteiger partial charge in [-0.2, -0.15) is 0 Å². The Kier molecular flexibility index (Phi) is 3.62. The fourth-order valence-electron chi connectivity index (χ4n) is 2.48. The van der Waals surface area contributed by atoms with Crippen molar-refractivity contribution in [3.8, 4) is 0 Å². The van der Waals surface area contributed by atoms with E-state index in [2.05, 4.69) is 17.4 Å². The number of carbonyl (C=O) groups excluding carboxylic acids is 1. The summed E-state index contributed by atoms with van der Waals surface area (Å²) in [5.74, 6) is 0. The van der Waals surface area contributed by atoms with Crippen LogP contribution in [0.25, 0.3) is 0 Å². The van der Waals surface area contributed by atoms with Crippen LogP contribution in [-0.4, -0.2) is 19.4 Å². The lowest BCUT2D eigenvalue weighted by atomic mass is 9.71. The van der Waals surface area contributed by atoms with Crippen molar-refractivity contribution in [2.75, 3.05) is 13.1 Å². The number of rotatable bonds is 3. The zero-order valence-electron chi connectivity index (χ0n) is 9.21. The van der Waals surface area contributed by atoms with Gasteiger partial charge in [0.2, 0.25) is 0 Å². The first kappa shape index (κ1) is 11.6. The molecule has 1 heterocycles. The SMILES string of the molecule is O=CCC1(c2ccc(Cl)cc2)CCNCC1. The van der Waals surface area contributed by atoms with Gasteiger partial charge in [-0.25, -0.2) is 0 Å². The van der Waals surface area contributed by atoms with Gasteiger partial charge in [0, 0.05) is 16.9 Å². The molecule has 1 aromatic carbocycles. The molecule has 1 saturated heterocycles. The van der Waals surface area contributed by atoms with Crippen molar-refractivity contribution in [2.24, 2.45) is 0 Å². The molecule has 0 amide bonds. The Morgan fingerprint density at radius 2 is 1.88 bits per heavy atom. The topological polar surface area (TPSA) is 29.1 Å². The molecule has 0 radical (unpaired) electrons. The van der Waals surface area contributed by atoms with Gasteiger partial charge in [-0.3, -0.25) is 0 Å². The van der Waals surface area contributed by atoms with Crippen LogP contribution in [0, 0.1) is 0 Å². The van der Waals surface area contributed by atoms with E-state index in [4.69, 9.17) is 11.6 Å². The molecule has 3 heteroatoms. The third-order valence-corrected chi connectivity index (χ3v) is 3.74. The van der Waals surface area contributed by atoms with E-state index in [0.29, 0.717) is 6.42 Å². The molecule has 2 nitrogen and oxygen atoms in total. The van der Waals surface area contributed by atoms with Crippen LogP contribution in [0.1, 0.15) is 24.8 Å². The standard InChI is InChI=1S/C13H16ClNO/c14-12-3-1-11(2-4-12)13(7-10-16)5-8-15-9-6-13/h1-4,10,15H,5-9H2. The number of aldehydes is 1. The summed E-state index contributed by atoms with van der Waals surface area (Å²) in [6, 6.07) is 7.92. The Balaban J connectivity index is 2.30. The van der Waals surface area contributed by atoms with Crippen LogP contribution in [0.15, 0.2) is 24.3 Å². The molecule has 0 aliphatic carbocycles. The van der Waals surface area contributed by atoms with Crippen molar-refractivity contribution < 1.29 is 4.79 Å². The molecule has 1 aliphatic rings. The van der Waals surface area contributed by atoms with Crippen molar-refractivity contribution in [2.45, 2.75) is 24.7 Å². The molecule has 86 valence electrons. The van der Waals surface area contributed by atoms with Crippen molar-refractivity contribution in [3.05, 3.63) is 34.9 Å². The third-order valence-electron chi connectivity index (χ3n) is 3.49. The Morgan fingerprint density at radius 1 is 1.25 bits per heavy atom. The zero-order chi connectivity index (χ0) is 11.4. The number of carbonyl (C=O) groups is 1. The molecular weight excluding hydrogens is 222 g/mol. The number of nitrogens with one attached hydrogen (secondary N) is 1. The molecule has 1 aromatic rings. The van der Waals surface area contributed by atoms with E-state index in [1.54, 1.807) is 0 Å². The number of hydrogen-bond acceptors (Lipinski definition) is 2. The molecule has 1 fully saturated rings. The lowest BCUT2D eigenvalue weighted by Gasteiger charge is -2.37. The van der Waals surface area contributed by atoms with Crippen LogP contribution < -0.4 is 5.32 Å². The van der Waals surface area contributed by atoms with Gasteiger partial charge in [0.25, 0.3) is 0 Å². The summed E-state index contributed by atoms with van der Waals surface area (Å²) in [5.41, 5.74) is 1.27. The second-order valence-electron chi connectivity index (χ2n) is 4.41. The summed E-state index contributed by atoms with van der Waals surface area (Å²) in [7, 11) is 0. The van der Waals surface area contributed by atoms with Crippen LogP contribution in [0.2, 0.25) is 5.02 Å². The van der Waals surface area contributed by atoms with E-state index in [1.807, 2.05) is 12.1 Å². The Morgan fingerprint density at radius 3 is 2.44 bits per heavy atom. The molecule has 0 atom stereocenters. The summed E-state index contributed by atoms with van der Waals surface area (Å²) in [5, 5.41) is 4.09. The van der Waals surface area contributed by atoms with Gasteiger partial charge in [-0.1, -0.05) is 23.7 Å². The van der Waals surface area contributed by atoms with Crippen molar-refractivity contribution in [1.29, 1.82) is 0 Å². The second kappa shape index (κ2) is 4.98. The maximum absolute atomic E-state index is 10.9. The van der Waals surface area contributed by atoms with Crippen LogP contribution in [0.3, 0.4) is 0 Å². The molecule has 0 spiro atoms. The highest BCUT2D eigenvalue weighted by atomic mass is 35.5. The zero-order valence-corrected chi connectivity index (χ0v) is 9.96. The minimum Gasteiger partial charge on any atom is -0.317 e. The Bertz CT molecular complexity index is 355. The highest BCUT2D eigenvalue weighted by Gasteiger charge is 2.33. The van der Waals surface area contributed by atoms with E-state index < -0.39 is 0 Å². The van der Waals surface area contributed by atoms with Gasteiger partial charge in [0.15, 0.2) is 0 Å². The summed E-state index contributed by atoms with van der Waals surface area (Å²) < 4.78 is 0. The number of benzene rings is 1. The molecule has 2 rings (SSSR count). The van der Waals surface area contributed by atoms with E-state index in [1.165, 1.54) is 5.56 Å². The predicted octanol–water partition coefficient (Wildman–Crippen LogP) is 2.55. The number of piperidine rings is 1. The second-order valence-corrected chi connectivity index (χ2v) is 4.84. The monoisotopic (exact) mass is 237 g/mol. The average molecular weight is 238 g/mol. The van der Waals surface area contributed by atoms with Gasteiger partial charge >= 0.3 is 0 Å². The van der Waals surface area contributed by atoms with Crippen LogP contribution in [-0.2, 0) is 10.2 Å². The van der Waals surface area contributed by atoms with E-state index in [0.717, 1.165) is 37.2 Å². The van der Waals surface area contributed by atoms with E-state index in [9.17, 15) is 4.79 Å². The summed E-state index contributed by atoms with van der Waals surface area (Å²) >= 11 is 5.89. The minimum atomic E-state index is 0.0254. The fraction of sp³-hybridized carbons (Fsp3) is 0.462. The highest BCUT2D eigenvalue weighted by molar-refractivity contribution is 6.30.